The molecule has 1 unspecified atom stereocenters. The van der Waals surface area contributed by atoms with Gasteiger partial charge in [-0.1, -0.05) is 24.3 Å². The van der Waals surface area contributed by atoms with Gasteiger partial charge in [0.25, 0.3) is 0 Å². The van der Waals surface area contributed by atoms with Crippen molar-refractivity contribution >= 4 is 0 Å². The van der Waals surface area contributed by atoms with E-state index in [2.05, 4.69) is 41.7 Å². The summed E-state index contributed by atoms with van der Waals surface area (Å²) in [5, 5.41) is 3.92. The second-order valence-electron chi connectivity index (χ2n) is 6.03. The van der Waals surface area contributed by atoms with Gasteiger partial charge in [-0.3, -0.25) is 0 Å². The van der Waals surface area contributed by atoms with Crippen LogP contribution in [0.3, 0.4) is 0 Å². The fraction of sp³-hybridized carbons (Fsp3) is 0.556. The van der Waals surface area contributed by atoms with E-state index in [0.29, 0.717) is 6.04 Å². The van der Waals surface area contributed by atoms with E-state index < -0.39 is 0 Å². The third-order valence-corrected chi connectivity index (χ3v) is 4.70. The zero-order chi connectivity index (χ0) is 14.5. The van der Waals surface area contributed by atoms with Crippen LogP contribution in [-0.2, 0) is 10.3 Å². The first-order chi connectivity index (χ1) is 10.3. The summed E-state index contributed by atoms with van der Waals surface area (Å²) >= 11 is 0. The van der Waals surface area contributed by atoms with Gasteiger partial charge < -0.3 is 14.8 Å². The van der Waals surface area contributed by atoms with Gasteiger partial charge in [-0.25, -0.2) is 0 Å². The van der Waals surface area contributed by atoms with Gasteiger partial charge >= 0.3 is 0 Å². The molecule has 1 fully saturated rings. The Hall–Kier alpha value is -1.32. The normalized spacial score (nSPS) is 24.7. The Bertz CT molecular complexity index is 474. The fourth-order valence-electron chi connectivity index (χ4n) is 3.43. The first-order valence-electron chi connectivity index (χ1n) is 7.99. The number of allylic oxidation sites excluding steroid dienone is 1. The van der Waals surface area contributed by atoms with Gasteiger partial charge in [0, 0.05) is 24.8 Å². The van der Waals surface area contributed by atoms with Crippen LogP contribution in [0.2, 0.25) is 0 Å². The van der Waals surface area contributed by atoms with Gasteiger partial charge in [0.15, 0.2) is 0 Å². The minimum absolute atomic E-state index is 0.0386. The molecule has 1 atom stereocenters. The van der Waals surface area contributed by atoms with Gasteiger partial charge in [0.2, 0.25) is 0 Å². The standard InChI is InChI=1S/C18H25NO2/c1-20-17-9-7-15(8-10-17)18(11-13-21-14-12-18)19-16-5-3-2-4-6-16/h3,5,7-10,16,19H,2,4,6,11-14H2,1H3. The second-order valence-corrected chi connectivity index (χ2v) is 6.03. The molecule has 2 aliphatic rings. The summed E-state index contributed by atoms with van der Waals surface area (Å²) in [6.07, 6.45) is 10.4. The zero-order valence-corrected chi connectivity index (χ0v) is 12.8. The van der Waals surface area contributed by atoms with E-state index in [9.17, 15) is 0 Å². The van der Waals surface area contributed by atoms with Crippen LogP contribution >= 0.6 is 0 Å². The average Bonchev–Trinajstić information content (AvgIpc) is 2.57. The van der Waals surface area contributed by atoms with Crippen molar-refractivity contribution < 1.29 is 9.47 Å². The summed E-state index contributed by atoms with van der Waals surface area (Å²) in [6.45, 7) is 1.66. The third kappa shape index (κ3) is 3.30. The maximum atomic E-state index is 5.60. The summed E-state index contributed by atoms with van der Waals surface area (Å²) in [6, 6.07) is 9.00. The largest absolute Gasteiger partial charge is 0.497 e. The Morgan fingerprint density at radius 1 is 1.19 bits per heavy atom. The molecular formula is C18H25NO2. The molecule has 1 aromatic carbocycles. The number of benzene rings is 1. The lowest BCUT2D eigenvalue weighted by atomic mass is 9.81. The number of ether oxygens (including phenoxy) is 2. The van der Waals surface area contributed by atoms with Gasteiger partial charge in [0.1, 0.15) is 5.75 Å². The Kier molecular flexibility index (Phi) is 4.61. The topological polar surface area (TPSA) is 30.5 Å². The van der Waals surface area contributed by atoms with Crippen molar-refractivity contribution in [2.24, 2.45) is 0 Å². The van der Waals surface area contributed by atoms with Crippen LogP contribution in [0.25, 0.3) is 0 Å². The summed E-state index contributed by atoms with van der Waals surface area (Å²) in [7, 11) is 1.71. The third-order valence-electron chi connectivity index (χ3n) is 4.70. The highest BCUT2D eigenvalue weighted by Gasteiger charge is 2.35. The Morgan fingerprint density at radius 2 is 1.95 bits per heavy atom. The van der Waals surface area contributed by atoms with Gasteiger partial charge in [0.05, 0.1) is 7.11 Å². The van der Waals surface area contributed by atoms with Crippen molar-refractivity contribution in [3.63, 3.8) is 0 Å². The Balaban J connectivity index is 1.84. The molecule has 114 valence electrons. The first kappa shape index (κ1) is 14.6. The molecule has 1 N–H and O–H groups in total. The zero-order valence-electron chi connectivity index (χ0n) is 12.8. The average molecular weight is 287 g/mol. The maximum absolute atomic E-state index is 5.60. The van der Waals surface area contributed by atoms with Gasteiger partial charge in [-0.2, -0.15) is 0 Å². The lowest BCUT2D eigenvalue weighted by Gasteiger charge is -2.41. The highest BCUT2D eigenvalue weighted by molar-refractivity contribution is 5.32. The predicted octanol–water partition coefficient (Wildman–Crippen LogP) is 3.40. The molecule has 0 radical (unpaired) electrons. The van der Waals surface area contributed by atoms with E-state index in [1.54, 1.807) is 7.11 Å². The number of methoxy groups -OCH3 is 1. The molecule has 0 amide bonds. The van der Waals surface area contributed by atoms with Crippen LogP contribution in [0.1, 0.15) is 37.7 Å². The minimum Gasteiger partial charge on any atom is -0.497 e. The molecule has 1 saturated heterocycles. The van der Waals surface area contributed by atoms with E-state index in [4.69, 9.17) is 9.47 Å². The van der Waals surface area contributed by atoms with E-state index >= 15 is 0 Å². The molecule has 0 bridgehead atoms. The lowest BCUT2D eigenvalue weighted by Crippen LogP contribution is -2.51. The minimum atomic E-state index is 0.0386. The first-order valence-corrected chi connectivity index (χ1v) is 7.99. The summed E-state index contributed by atoms with van der Waals surface area (Å²) in [5.41, 5.74) is 1.39. The molecule has 0 saturated carbocycles. The van der Waals surface area contributed by atoms with Crippen molar-refractivity contribution in [1.29, 1.82) is 0 Å². The van der Waals surface area contributed by atoms with Gasteiger partial charge in [-0.05, 0) is 49.8 Å². The van der Waals surface area contributed by atoms with Crippen molar-refractivity contribution in [1.82, 2.24) is 5.32 Å². The van der Waals surface area contributed by atoms with Crippen LogP contribution in [0, 0.1) is 0 Å². The molecule has 1 heterocycles. The van der Waals surface area contributed by atoms with Crippen LogP contribution in [-0.4, -0.2) is 26.4 Å². The van der Waals surface area contributed by atoms with E-state index in [0.717, 1.165) is 31.8 Å². The highest BCUT2D eigenvalue weighted by atomic mass is 16.5. The van der Waals surface area contributed by atoms with Crippen molar-refractivity contribution in [2.45, 2.75) is 43.7 Å². The van der Waals surface area contributed by atoms with Crippen molar-refractivity contribution in [3.05, 3.63) is 42.0 Å². The molecule has 0 aromatic heterocycles. The number of nitrogens with one attached hydrogen (secondary N) is 1. The molecule has 3 heteroatoms. The summed E-state index contributed by atoms with van der Waals surface area (Å²) < 4.78 is 10.9. The fourth-order valence-corrected chi connectivity index (χ4v) is 3.43. The van der Waals surface area contributed by atoms with Crippen LogP contribution < -0.4 is 10.1 Å². The highest BCUT2D eigenvalue weighted by Crippen LogP contribution is 2.34. The molecule has 1 aromatic rings. The number of rotatable bonds is 4. The predicted molar refractivity (Wildman–Crippen MR) is 84.6 cm³/mol. The van der Waals surface area contributed by atoms with E-state index in [-0.39, 0.29) is 5.54 Å². The molecule has 1 aliphatic heterocycles. The second kappa shape index (κ2) is 6.63. The Morgan fingerprint density at radius 3 is 2.57 bits per heavy atom. The quantitative estimate of drug-likeness (QED) is 0.861. The molecule has 3 nitrogen and oxygen atoms in total. The van der Waals surface area contributed by atoms with E-state index in [1.165, 1.54) is 24.8 Å². The van der Waals surface area contributed by atoms with E-state index in [1.807, 2.05) is 0 Å². The van der Waals surface area contributed by atoms with Gasteiger partial charge in [-0.15, -0.1) is 0 Å². The van der Waals surface area contributed by atoms with Crippen molar-refractivity contribution in [2.75, 3.05) is 20.3 Å². The van der Waals surface area contributed by atoms with Crippen LogP contribution in [0.5, 0.6) is 5.75 Å². The smallest absolute Gasteiger partial charge is 0.118 e. The maximum Gasteiger partial charge on any atom is 0.118 e. The molecule has 3 rings (SSSR count). The SMILES string of the molecule is COc1ccc(C2(NC3C=CCCC3)CCOCC2)cc1. The lowest BCUT2D eigenvalue weighted by molar-refractivity contribution is 0.0330. The molecule has 21 heavy (non-hydrogen) atoms. The summed E-state index contributed by atoms with van der Waals surface area (Å²) in [4.78, 5) is 0. The molecule has 0 spiro atoms. The number of hydrogen-bond donors (Lipinski definition) is 1. The molecule has 1 aliphatic carbocycles. The van der Waals surface area contributed by atoms with Crippen LogP contribution in [0.4, 0.5) is 0 Å². The summed E-state index contributed by atoms with van der Waals surface area (Å²) in [5.74, 6) is 0.915. The monoisotopic (exact) mass is 287 g/mol. The number of hydrogen-bond acceptors (Lipinski definition) is 3. The molecular weight excluding hydrogens is 262 g/mol. The van der Waals surface area contributed by atoms with Crippen molar-refractivity contribution in [3.8, 4) is 5.75 Å². The van der Waals surface area contributed by atoms with Crippen LogP contribution in [0.15, 0.2) is 36.4 Å². The Labute approximate surface area is 127 Å².